The number of nitrogens with zero attached hydrogens (tertiary/aromatic N) is 3. The van der Waals surface area contributed by atoms with Crippen molar-refractivity contribution in [2.45, 2.75) is 51.6 Å². The van der Waals surface area contributed by atoms with Crippen molar-refractivity contribution in [1.29, 1.82) is 0 Å². The molecule has 2 atom stereocenters. The second-order valence-electron chi connectivity index (χ2n) is 8.24. The lowest BCUT2D eigenvalue weighted by molar-refractivity contribution is -0.135. The molecule has 2 aliphatic rings. The molecule has 1 fully saturated rings. The normalized spacial score (nSPS) is 22.6. The van der Waals surface area contributed by atoms with Crippen molar-refractivity contribution in [2.75, 3.05) is 13.1 Å². The average Bonchev–Trinajstić information content (AvgIpc) is 3.16. The molecule has 5 heteroatoms. The van der Waals surface area contributed by atoms with E-state index in [-0.39, 0.29) is 17.8 Å². The molecular weight excluding hydrogens is 365 g/mol. The van der Waals surface area contributed by atoms with Crippen molar-refractivity contribution in [2.24, 2.45) is 5.10 Å². The zero-order valence-corrected chi connectivity index (χ0v) is 17.1. The van der Waals surface area contributed by atoms with Gasteiger partial charge in [-0.05, 0) is 50.9 Å². The first kappa shape index (κ1) is 19.8. The minimum absolute atomic E-state index is 0.00993. The Bertz CT molecular complexity index is 909. The van der Waals surface area contributed by atoms with Gasteiger partial charge in [0.15, 0.2) is 0 Å². The number of hydrogen-bond acceptors (Lipinski definition) is 3. The predicted molar refractivity (Wildman–Crippen MR) is 113 cm³/mol. The van der Waals surface area contributed by atoms with Gasteiger partial charge >= 0.3 is 0 Å². The molecule has 0 unspecified atom stereocenters. The van der Waals surface area contributed by atoms with Crippen LogP contribution in [-0.4, -0.2) is 40.7 Å². The fraction of sp³-hybridized carbons (Fsp3) is 0.417. The van der Waals surface area contributed by atoms with Crippen LogP contribution in [0.4, 0.5) is 4.39 Å². The van der Waals surface area contributed by atoms with Crippen molar-refractivity contribution in [3.8, 4) is 0 Å². The van der Waals surface area contributed by atoms with E-state index in [0.29, 0.717) is 19.0 Å². The SMILES string of the molecule is Cc1ccc([C@@H]2CC(c3cccc(F)c3)=NN2C(=O)CN2CCCC[C@H]2C)cc1. The number of halogens is 1. The minimum atomic E-state index is -0.288. The van der Waals surface area contributed by atoms with Gasteiger partial charge in [-0.3, -0.25) is 9.69 Å². The summed E-state index contributed by atoms with van der Waals surface area (Å²) in [5, 5.41) is 6.31. The highest BCUT2D eigenvalue weighted by Gasteiger charge is 2.34. The van der Waals surface area contributed by atoms with Gasteiger partial charge in [0.2, 0.25) is 0 Å². The molecule has 4 rings (SSSR count). The largest absolute Gasteiger partial charge is 0.292 e. The maximum Gasteiger partial charge on any atom is 0.257 e. The molecule has 1 saturated heterocycles. The topological polar surface area (TPSA) is 35.9 Å². The third-order valence-corrected chi connectivity index (χ3v) is 6.06. The number of likely N-dealkylation sites (tertiary alicyclic amines) is 1. The summed E-state index contributed by atoms with van der Waals surface area (Å²) in [5.74, 6) is -0.278. The Morgan fingerprint density at radius 3 is 2.69 bits per heavy atom. The standard InChI is InChI=1S/C24H28FN3O/c1-17-9-11-19(12-10-17)23-15-22(20-7-5-8-21(25)14-20)26-28(23)24(29)16-27-13-4-3-6-18(27)2/h5,7-12,14,18,23H,3-4,6,13,15-16H2,1-2H3/t18-,23+/m1/s1. The van der Waals surface area contributed by atoms with E-state index < -0.39 is 0 Å². The molecule has 0 aliphatic carbocycles. The first-order valence-electron chi connectivity index (χ1n) is 10.5. The summed E-state index contributed by atoms with van der Waals surface area (Å²) < 4.78 is 13.8. The van der Waals surface area contributed by atoms with E-state index in [1.165, 1.54) is 24.1 Å². The summed E-state index contributed by atoms with van der Waals surface area (Å²) in [7, 11) is 0. The van der Waals surface area contributed by atoms with Gasteiger partial charge in [0.25, 0.3) is 5.91 Å². The van der Waals surface area contributed by atoms with E-state index in [4.69, 9.17) is 0 Å². The summed E-state index contributed by atoms with van der Waals surface area (Å²) in [6.07, 6.45) is 4.08. The highest BCUT2D eigenvalue weighted by atomic mass is 19.1. The molecule has 152 valence electrons. The van der Waals surface area contributed by atoms with E-state index >= 15 is 0 Å². The van der Waals surface area contributed by atoms with Gasteiger partial charge in [-0.15, -0.1) is 0 Å². The Kier molecular flexibility index (Phi) is 5.76. The molecule has 2 aromatic carbocycles. The Morgan fingerprint density at radius 2 is 1.97 bits per heavy atom. The molecule has 0 saturated carbocycles. The van der Waals surface area contributed by atoms with E-state index in [2.05, 4.69) is 41.2 Å². The molecular formula is C24H28FN3O. The van der Waals surface area contributed by atoms with Crippen molar-refractivity contribution in [3.05, 3.63) is 71.0 Å². The van der Waals surface area contributed by atoms with Crippen molar-refractivity contribution in [1.82, 2.24) is 9.91 Å². The van der Waals surface area contributed by atoms with E-state index in [9.17, 15) is 9.18 Å². The maximum absolute atomic E-state index is 13.8. The zero-order chi connectivity index (χ0) is 20.4. The molecule has 0 aromatic heterocycles. The van der Waals surface area contributed by atoms with Gasteiger partial charge in [-0.25, -0.2) is 9.40 Å². The van der Waals surface area contributed by atoms with Crippen LogP contribution in [0.3, 0.4) is 0 Å². The third kappa shape index (κ3) is 4.40. The monoisotopic (exact) mass is 393 g/mol. The van der Waals surface area contributed by atoms with E-state index in [1.54, 1.807) is 11.1 Å². The van der Waals surface area contributed by atoms with Gasteiger partial charge in [0, 0.05) is 18.0 Å². The van der Waals surface area contributed by atoms with Gasteiger partial charge in [-0.1, -0.05) is 48.4 Å². The van der Waals surface area contributed by atoms with Gasteiger partial charge in [0.05, 0.1) is 18.3 Å². The fourth-order valence-electron chi connectivity index (χ4n) is 4.27. The Morgan fingerprint density at radius 1 is 1.17 bits per heavy atom. The quantitative estimate of drug-likeness (QED) is 0.756. The fourth-order valence-corrected chi connectivity index (χ4v) is 4.27. The highest BCUT2D eigenvalue weighted by Crippen LogP contribution is 2.33. The van der Waals surface area contributed by atoms with Crippen molar-refractivity contribution >= 4 is 11.6 Å². The summed E-state index contributed by atoms with van der Waals surface area (Å²) >= 11 is 0. The Balaban J connectivity index is 1.61. The van der Waals surface area contributed by atoms with Crippen molar-refractivity contribution in [3.63, 3.8) is 0 Å². The number of carbonyl (C=O) groups is 1. The number of piperidine rings is 1. The molecule has 0 N–H and O–H groups in total. The minimum Gasteiger partial charge on any atom is -0.292 e. The smallest absolute Gasteiger partial charge is 0.257 e. The second-order valence-corrected chi connectivity index (χ2v) is 8.24. The molecule has 1 amide bonds. The molecule has 29 heavy (non-hydrogen) atoms. The lowest BCUT2D eigenvalue weighted by Crippen LogP contribution is -2.44. The summed E-state index contributed by atoms with van der Waals surface area (Å²) in [6.45, 7) is 5.57. The highest BCUT2D eigenvalue weighted by molar-refractivity contribution is 6.03. The zero-order valence-electron chi connectivity index (χ0n) is 17.1. The van der Waals surface area contributed by atoms with Crippen LogP contribution in [0.5, 0.6) is 0 Å². The van der Waals surface area contributed by atoms with Crippen LogP contribution in [0.1, 0.15) is 55.3 Å². The lowest BCUT2D eigenvalue weighted by atomic mass is 9.97. The van der Waals surface area contributed by atoms with E-state index in [0.717, 1.165) is 36.2 Å². The van der Waals surface area contributed by atoms with Crippen molar-refractivity contribution < 1.29 is 9.18 Å². The number of hydrazone groups is 1. The van der Waals surface area contributed by atoms with Gasteiger partial charge in [0.1, 0.15) is 5.82 Å². The lowest BCUT2D eigenvalue weighted by Gasteiger charge is -2.34. The van der Waals surface area contributed by atoms with Gasteiger partial charge in [-0.2, -0.15) is 5.10 Å². The second kappa shape index (κ2) is 8.46. The molecule has 4 nitrogen and oxygen atoms in total. The number of hydrogen-bond donors (Lipinski definition) is 0. The number of aryl methyl sites for hydroxylation is 1. The first-order chi connectivity index (χ1) is 14.0. The average molecular weight is 394 g/mol. The van der Waals surface area contributed by atoms with Crippen LogP contribution in [0, 0.1) is 12.7 Å². The number of carbonyl (C=O) groups excluding carboxylic acids is 1. The molecule has 2 aliphatic heterocycles. The molecule has 0 radical (unpaired) electrons. The Labute approximate surface area is 172 Å². The van der Waals surface area contributed by atoms with Crippen LogP contribution in [-0.2, 0) is 4.79 Å². The number of amides is 1. The number of benzene rings is 2. The summed E-state index contributed by atoms with van der Waals surface area (Å²) in [4.78, 5) is 15.5. The van der Waals surface area contributed by atoms with Crippen LogP contribution in [0.25, 0.3) is 0 Å². The summed E-state index contributed by atoms with van der Waals surface area (Å²) in [5.41, 5.74) is 3.74. The summed E-state index contributed by atoms with van der Waals surface area (Å²) in [6, 6.07) is 15.0. The molecule has 0 bridgehead atoms. The Hall–Kier alpha value is -2.53. The van der Waals surface area contributed by atoms with Crippen LogP contribution in [0.15, 0.2) is 53.6 Å². The first-order valence-corrected chi connectivity index (χ1v) is 10.5. The van der Waals surface area contributed by atoms with E-state index in [1.807, 2.05) is 13.0 Å². The molecule has 2 heterocycles. The van der Waals surface area contributed by atoms with Crippen LogP contribution in [0.2, 0.25) is 0 Å². The number of rotatable bonds is 4. The third-order valence-electron chi connectivity index (χ3n) is 6.06. The van der Waals surface area contributed by atoms with Crippen LogP contribution < -0.4 is 0 Å². The molecule has 2 aromatic rings. The predicted octanol–water partition coefficient (Wildman–Crippen LogP) is 4.69. The van der Waals surface area contributed by atoms with Crippen LogP contribution >= 0.6 is 0 Å². The molecule has 0 spiro atoms. The van der Waals surface area contributed by atoms with Gasteiger partial charge < -0.3 is 0 Å². The maximum atomic E-state index is 13.8.